The summed E-state index contributed by atoms with van der Waals surface area (Å²) in [4.78, 5) is 24.8. The van der Waals surface area contributed by atoms with Gasteiger partial charge < -0.3 is 10.2 Å². The molecule has 0 bridgehead atoms. The molecule has 2 atom stereocenters. The van der Waals surface area contributed by atoms with Gasteiger partial charge >= 0.3 is 5.97 Å². The number of tetrazole rings is 1. The average Bonchev–Trinajstić information content (AvgIpc) is 2.96. The van der Waals surface area contributed by atoms with Crippen LogP contribution in [0.5, 0.6) is 0 Å². The highest BCUT2D eigenvalue weighted by Gasteiger charge is 2.55. The SMILES string of the molecule is O=C(O)C1=C(Cn2cnnn2)S[C@@H]2[C@@H](CO)C(=O)N12. The number of carbonyl (C=O) groups excluding carboxylic acids is 1. The quantitative estimate of drug-likeness (QED) is 0.640. The molecular formula is C9H9N5O4S. The molecule has 19 heavy (non-hydrogen) atoms. The van der Waals surface area contributed by atoms with Crippen LogP contribution < -0.4 is 0 Å². The van der Waals surface area contributed by atoms with Gasteiger partial charge in [0.25, 0.3) is 0 Å². The number of carboxylic acid groups (broad SMARTS) is 1. The van der Waals surface area contributed by atoms with E-state index in [1.165, 1.54) is 27.7 Å². The minimum Gasteiger partial charge on any atom is -0.477 e. The van der Waals surface area contributed by atoms with Gasteiger partial charge in [0.05, 0.1) is 19.1 Å². The first-order chi connectivity index (χ1) is 9.13. The van der Waals surface area contributed by atoms with Crippen LogP contribution in [0.4, 0.5) is 0 Å². The van der Waals surface area contributed by atoms with Crippen molar-refractivity contribution in [1.82, 2.24) is 25.1 Å². The zero-order valence-electron chi connectivity index (χ0n) is 9.50. The summed E-state index contributed by atoms with van der Waals surface area (Å²) in [6.07, 6.45) is 1.37. The third-order valence-electron chi connectivity index (χ3n) is 3.02. The van der Waals surface area contributed by atoms with E-state index in [1.807, 2.05) is 0 Å². The van der Waals surface area contributed by atoms with Crippen LogP contribution in [0.25, 0.3) is 0 Å². The van der Waals surface area contributed by atoms with E-state index in [-0.39, 0.29) is 30.1 Å². The van der Waals surface area contributed by atoms with Crippen LogP contribution in [0.3, 0.4) is 0 Å². The molecule has 10 heteroatoms. The van der Waals surface area contributed by atoms with Crippen molar-refractivity contribution in [1.29, 1.82) is 0 Å². The maximum absolute atomic E-state index is 11.7. The zero-order chi connectivity index (χ0) is 13.6. The number of β-lactam (4-membered cyclic amide) rings is 1. The molecule has 0 aliphatic carbocycles. The van der Waals surface area contributed by atoms with Gasteiger partial charge in [-0.3, -0.25) is 9.69 Å². The van der Waals surface area contributed by atoms with Gasteiger partial charge in [-0.05, 0) is 10.4 Å². The highest BCUT2D eigenvalue weighted by atomic mass is 32.2. The molecule has 1 aromatic heterocycles. The smallest absolute Gasteiger partial charge is 0.353 e. The predicted octanol–water partition coefficient (Wildman–Crippen LogP) is -1.51. The normalized spacial score (nSPS) is 25.5. The van der Waals surface area contributed by atoms with E-state index < -0.39 is 11.9 Å². The summed E-state index contributed by atoms with van der Waals surface area (Å²) in [7, 11) is 0. The zero-order valence-corrected chi connectivity index (χ0v) is 10.3. The number of hydrogen-bond acceptors (Lipinski definition) is 7. The lowest BCUT2D eigenvalue weighted by molar-refractivity contribution is -0.153. The highest BCUT2D eigenvalue weighted by Crippen LogP contribution is 2.49. The van der Waals surface area contributed by atoms with Gasteiger partial charge in [0, 0.05) is 4.91 Å². The van der Waals surface area contributed by atoms with Crippen LogP contribution in [-0.4, -0.2) is 59.2 Å². The van der Waals surface area contributed by atoms with Crippen molar-refractivity contribution in [3.63, 3.8) is 0 Å². The predicted molar refractivity (Wildman–Crippen MR) is 61.3 cm³/mol. The lowest BCUT2D eigenvalue weighted by atomic mass is 9.98. The molecule has 1 amide bonds. The van der Waals surface area contributed by atoms with Gasteiger partial charge in [0.2, 0.25) is 5.91 Å². The summed E-state index contributed by atoms with van der Waals surface area (Å²) in [5.41, 5.74) is -0.0415. The van der Waals surface area contributed by atoms with E-state index in [9.17, 15) is 14.7 Å². The van der Waals surface area contributed by atoms with Crippen LogP contribution in [0, 0.1) is 5.92 Å². The third-order valence-corrected chi connectivity index (χ3v) is 4.41. The molecule has 0 saturated carbocycles. The number of amides is 1. The fourth-order valence-corrected chi connectivity index (χ4v) is 3.61. The van der Waals surface area contributed by atoms with Crippen molar-refractivity contribution in [2.45, 2.75) is 11.9 Å². The summed E-state index contributed by atoms with van der Waals surface area (Å²) in [6.45, 7) is -0.0875. The van der Waals surface area contributed by atoms with Crippen molar-refractivity contribution in [2.75, 3.05) is 6.61 Å². The number of carbonyl (C=O) groups is 2. The van der Waals surface area contributed by atoms with Gasteiger partial charge in [-0.15, -0.1) is 5.10 Å². The minimum absolute atomic E-state index is 0.0415. The standard InChI is InChI=1S/C9H9N5O4S/c15-2-4-7(16)14-6(9(17)18)5(19-8(4)14)1-13-3-10-11-12-13/h3-4,8,15H,1-2H2,(H,17,18)/t4-,8+/m0/s1. The molecule has 2 aliphatic rings. The molecule has 3 heterocycles. The lowest BCUT2D eigenvalue weighted by Crippen LogP contribution is -2.58. The first-order valence-electron chi connectivity index (χ1n) is 5.41. The summed E-state index contributed by atoms with van der Waals surface area (Å²) in [6, 6.07) is 0. The highest BCUT2D eigenvalue weighted by molar-refractivity contribution is 8.04. The number of hydrogen-bond donors (Lipinski definition) is 2. The van der Waals surface area contributed by atoms with Gasteiger partial charge in [-0.2, -0.15) is 0 Å². The molecule has 100 valence electrons. The first kappa shape index (κ1) is 12.1. The molecule has 0 unspecified atom stereocenters. The number of aliphatic hydroxyl groups is 1. The largest absolute Gasteiger partial charge is 0.477 e. The Kier molecular flexibility index (Phi) is 2.75. The number of nitrogens with zero attached hydrogens (tertiary/aromatic N) is 5. The topological polar surface area (TPSA) is 121 Å². The van der Waals surface area contributed by atoms with Crippen LogP contribution >= 0.6 is 11.8 Å². The van der Waals surface area contributed by atoms with Crippen molar-refractivity contribution >= 4 is 23.6 Å². The number of rotatable bonds is 4. The number of thioether (sulfide) groups is 1. The number of aromatic nitrogens is 4. The van der Waals surface area contributed by atoms with Gasteiger partial charge in [0.1, 0.15) is 17.4 Å². The molecule has 2 aliphatic heterocycles. The van der Waals surface area contributed by atoms with E-state index in [0.717, 1.165) is 0 Å². The molecule has 3 rings (SSSR count). The first-order valence-corrected chi connectivity index (χ1v) is 6.29. The molecule has 0 spiro atoms. The average molecular weight is 283 g/mol. The van der Waals surface area contributed by atoms with Gasteiger partial charge in [0.15, 0.2) is 0 Å². The van der Waals surface area contributed by atoms with Crippen LogP contribution in [-0.2, 0) is 16.1 Å². The molecule has 0 aromatic carbocycles. The van der Waals surface area contributed by atoms with E-state index >= 15 is 0 Å². The molecule has 1 saturated heterocycles. The summed E-state index contributed by atoms with van der Waals surface area (Å²) >= 11 is 1.26. The second-order valence-electron chi connectivity index (χ2n) is 4.09. The van der Waals surface area contributed by atoms with Crippen LogP contribution in [0.1, 0.15) is 0 Å². The number of allylic oxidation sites excluding steroid dienone is 1. The fourth-order valence-electron chi connectivity index (χ4n) is 2.13. The van der Waals surface area contributed by atoms with Crippen LogP contribution in [0.2, 0.25) is 0 Å². The number of carboxylic acids is 1. The Morgan fingerprint density at radius 3 is 2.89 bits per heavy atom. The second kappa shape index (κ2) is 4.31. The summed E-state index contributed by atoms with van der Waals surface area (Å²) in [5.74, 6) is -2.06. The van der Waals surface area contributed by atoms with Gasteiger partial charge in [-0.25, -0.2) is 9.48 Å². The van der Waals surface area contributed by atoms with Gasteiger partial charge in [-0.1, -0.05) is 11.8 Å². The Hall–Kier alpha value is -1.94. The Labute approximate surface area is 110 Å². The van der Waals surface area contributed by atoms with Crippen molar-refractivity contribution in [3.8, 4) is 0 Å². The lowest BCUT2D eigenvalue weighted by Gasteiger charge is -2.41. The second-order valence-corrected chi connectivity index (χ2v) is 5.30. The van der Waals surface area contributed by atoms with E-state index in [0.29, 0.717) is 4.91 Å². The van der Waals surface area contributed by atoms with E-state index in [2.05, 4.69) is 15.5 Å². The Morgan fingerprint density at radius 1 is 1.53 bits per heavy atom. The molecule has 2 N–H and O–H groups in total. The molecule has 9 nitrogen and oxygen atoms in total. The molecule has 1 fully saturated rings. The molecule has 0 radical (unpaired) electrons. The maximum atomic E-state index is 11.7. The third kappa shape index (κ3) is 1.71. The summed E-state index contributed by atoms with van der Waals surface area (Å²) < 4.78 is 1.38. The number of aliphatic hydroxyl groups excluding tert-OH is 1. The van der Waals surface area contributed by atoms with Crippen LogP contribution in [0.15, 0.2) is 16.9 Å². The molecule has 1 aromatic rings. The van der Waals surface area contributed by atoms with Crippen molar-refractivity contribution < 1.29 is 19.8 Å². The monoisotopic (exact) mass is 283 g/mol. The number of aliphatic carboxylic acids is 1. The Bertz CT molecular complexity index is 571. The fraction of sp³-hybridized carbons (Fsp3) is 0.444. The minimum atomic E-state index is -1.16. The Balaban J connectivity index is 1.90. The van der Waals surface area contributed by atoms with E-state index in [4.69, 9.17) is 5.11 Å². The molecular weight excluding hydrogens is 274 g/mol. The van der Waals surface area contributed by atoms with Crippen molar-refractivity contribution in [3.05, 3.63) is 16.9 Å². The van der Waals surface area contributed by atoms with Crippen molar-refractivity contribution in [2.24, 2.45) is 5.92 Å². The summed E-state index contributed by atoms with van der Waals surface area (Å²) in [5, 5.41) is 28.6. The van der Waals surface area contributed by atoms with E-state index in [1.54, 1.807) is 0 Å². The maximum Gasteiger partial charge on any atom is 0.353 e. The number of fused-ring (bicyclic) bond motifs is 1. The Morgan fingerprint density at radius 2 is 2.32 bits per heavy atom.